The maximum absolute atomic E-state index is 10.9. The quantitative estimate of drug-likeness (QED) is 0.878. The fraction of sp³-hybridized carbons (Fsp3) is 0. The molecule has 0 atom stereocenters. The first-order valence-electron chi connectivity index (χ1n) is 4.21. The lowest BCUT2D eigenvalue weighted by atomic mass is 10.1. The number of aromatic nitrogens is 2. The first kappa shape index (κ1) is 9.92. The Balaban J connectivity index is 2.59. The molecule has 1 aromatic heterocycles. The van der Waals surface area contributed by atoms with Gasteiger partial charge in [-0.3, -0.25) is 0 Å². The van der Waals surface area contributed by atoms with E-state index in [1.165, 1.54) is 6.33 Å². The summed E-state index contributed by atoms with van der Waals surface area (Å²) in [4.78, 5) is 17.5. The molecular weight excluding hydrogens is 260 g/mol. The van der Waals surface area contributed by atoms with Gasteiger partial charge in [-0.2, -0.15) is 0 Å². The van der Waals surface area contributed by atoms with Gasteiger partial charge in [-0.05, 0) is 6.07 Å². The molecule has 0 unspecified atom stereocenters. The van der Waals surface area contributed by atoms with Crippen LogP contribution in [0, 0.1) is 0 Å². The van der Waals surface area contributed by atoms with Gasteiger partial charge in [0.25, 0.3) is 0 Å². The van der Waals surface area contributed by atoms with Crippen LogP contribution in [0.3, 0.4) is 0 Å². The fourth-order valence-electron chi connectivity index (χ4n) is 1.31. The highest BCUT2D eigenvalue weighted by molar-refractivity contribution is 9.10. The second kappa shape index (κ2) is 3.86. The summed E-state index contributed by atoms with van der Waals surface area (Å²) in [6.07, 6.45) is 1.37. The summed E-state index contributed by atoms with van der Waals surface area (Å²) in [7, 11) is 0. The Bertz CT molecular complexity index is 508. The molecule has 2 aromatic rings. The summed E-state index contributed by atoms with van der Waals surface area (Å²) in [5.74, 6) is -1.02. The summed E-state index contributed by atoms with van der Waals surface area (Å²) >= 11 is 3.35. The van der Waals surface area contributed by atoms with Crippen molar-refractivity contribution in [2.24, 2.45) is 0 Å². The number of H-pyrrole nitrogens is 1. The summed E-state index contributed by atoms with van der Waals surface area (Å²) in [5.41, 5.74) is 1.30. The van der Waals surface area contributed by atoms with Crippen molar-refractivity contribution < 1.29 is 9.90 Å². The third kappa shape index (κ3) is 1.78. The predicted molar refractivity (Wildman–Crippen MR) is 58.7 cm³/mol. The van der Waals surface area contributed by atoms with Crippen LogP contribution in [0.15, 0.2) is 35.1 Å². The predicted octanol–water partition coefficient (Wildman–Crippen LogP) is 2.54. The second-order valence-corrected chi connectivity index (χ2v) is 3.77. The number of carboxylic acids is 1. The lowest BCUT2D eigenvalue weighted by Gasteiger charge is -2.01. The van der Waals surface area contributed by atoms with E-state index >= 15 is 0 Å². The van der Waals surface area contributed by atoms with Crippen molar-refractivity contribution in [2.45, 2.75) is 0 Å². The number of carbonyl (C=O) groups is 1. The van der Waals surface area contributed by atoms with Gasteiger partial charge >= 0.3 is 5.97 Å². The Morgan fingerprint density at radius 3 is 2.80 bits per heavy atom. The Labute approximate surface area is 94.1 Å². The Kier molecular flexibility index (Phi) is 2.55. The second-order valence-electron chi connectivity index (χ2n) is 2.91. The zero-order valence-electron chi connectivity index (χ0n) is 7.57. The van der Waals surface area contributed by atoms with E-state index in [-0.39, 0.29) is 5.69 Å². The molecule has 2 N–H and O–H groups in total. The molecule has 0 aliphatic heterocycles. The third-order valence-corrected chi connectivity index (χ3v) is 2.67. The molecule has 0 saturated carbocycles. The van der Waals surface area contributed by atoms with E-state index in [1.54, 1.807) is 0 Å². The van der Waals surface area contributed by atoms with Gasteiger partial charge in [-0.15, -0.1) is 0 Å². The highest BCUT2D eigenvalue weighted by Crippen LogP contribution is 2.28. The minimum atomic E-state index is -1.02. The Hall–Kier alpha value is -1.62. The van der Waals surface area contributed by atoms with Gasteiger partial charge in [-0.1, -0.05) is 34.1 Å². The zero-order chi connectivity index (χ0) is 10.8. The molecular formula is C10H7BrN2O2. The van der Waals surface area contributed by atoms with Crippen LogP contribution in [0.25, 0.3) is 11.3 Å². The van der Waals surface area contributed by atoms with Crippen LogP contribution in [0.2, 0.25) is 0 Å². The van der Waals surface area contributed by atoms with Gasteiger partial charge in [0.2, 0.25) is 0 Å². The van der Waals surface area contributed by atoms with Gasteiger partial charge < -0.3 is 10.1 Å². The molecule has 76 valence electrons. The maximum Gasteiger partial charge on any atom is 0.354 e. The van der Waals surface area contributed by atoms with E-state index in [2.05, 4.69) is 25.9 Å². The van der Waals surface area contributed by atoms with Crippen molar-refractivity contribution >= 4 is 21.9 Å². The summed E-state index contributed by atoms with van der Waals surface area (Å²) in [6.45, 7) is 0. The smallest absolute Gasteiger partial charge is 0.354 e. The molecule has 0 amide bonds. The average molecular weight is 267 g/mol. The minimum Gasteiger partial charge on any atom is -0.477 e. The van der Waals surface area contributed by atoms with E-state index in [4.69, 9.17) is 5.11 Å². The molecule has 1 aromatic carbocycles. The van der Waals surface area contributed by atoms with Gasteiger partial charge in [0, 0.05) is 10.0 Å². The first-order valence-corrected chi connectivity index (χ1v) is 5.01. The molecule has 5 heteroatoms. The maximum atomic E-state index is 10.9. The van der Waals surface area contributed by atoms with Crippen LogP contribution < -0.4 is 0 Å². The van der Waals surface area contributed by atoms with E-state index in [9.17, 15) is 4.79 Å². The summed E-state index contributed by atoms with van der Waals surface area (Å²) in [5, 5.41) is 8.92. The minimum absolute atomic E-state index is 0.0990. The van der Waals surface area contributed by atoms with Gasteiger partial charge in [0.1, 0.15) is 5.69 Å². The Morgan fingerprint density at radius 1 is 1.40 bits per heavy atom. The molecule has 4 nitrogen and oxygen atoms in total. The molecule has 15 heavy (non-hydrogen) atoms. The largest absolute Gasteiger partial charge is 0.477 e. The highest BCUT2D eigenvalue weighted by atomic mass is 79.9. The van der Waals surface area contributed by atoms with E-state index < -0.39 is 5.97 Å². The van der Waals surface area contributed by atoms with Crippen LogP contribution in [0.5, 0.6) is 0 Å². The number of benzene rings is 1. The standard InChI is InChI=1S/C10H7BrN2O2/c11-7-4-2-1-3-6(7)8-9(10(14)15)13-5-12-8/h1-5H,(H,12,13)(H,14,15). The molecule has 0 aliphatic carbocycles. The molecule has 0 radical (unpaired) electrons. The number of hydrogen-bond acceptors (Lipinski definition) is 2. The molecule has 1 heterocycles. The molecule has 0 fully saturated rings. The molecule has 0 aliphatic rings. The topological polar surface area (TPSA) is 66.0 Å². The molecule has 2 rings (SSSR count). The fourth-order valence-corrected chi connectivity index (χ4v) is 1.79. The average Bonchev–Trinajstić information content (AvgIpc) is 2.67. The lowest BCUT2D eigenvalue weighted by Crippen LogP contribution is -1.99. The van der Waals surface area contributed by atoms with Crippen LogP contribution in [-0.2, 0) is 0 Å². The summed E-state index contributed by atoms with van der Waals surface area (Å²) < 4.78 is 0.819. The normalized spacial score (nSPS) is 10.2. The van der Waals surface area contributed by atoms with Crippen LogP contribution in [-0.4, -0.2) is 21.0 Å². The lowest BCUT2D eigenvalue weighted by molar-refractivity contribution is 0.0692. The number of aromatic amines is 1. The van der Waals surface area contributed by atoms with Crippen molar-refractivity contribution in [2.75, 3.05) is 0 Å². The SMILES string of the molecule is O=C(O)c1[nH]cnc1-c1ccccc1Br. The zero-order valence-corrected chi connectivity index (χ0v) is 9.15. The number of imidazole rings is 1. The number of nitrogens with zero attached hydrogens (tertiary/aromatic N) is 1. The molecule has 0 bridgehead atoms. The third-order valence-electron chi connectivity index (χ3n) is 1.98. The van der Waals surface area contributed by atoms with Crippen molar-refractivity contribution in [3.63, 3.8) is 0 Å². The summed E-state index contributed by atoms with van der Waals surface area (Å²) in [6, 6.07) is 7.35. The van der Waals surface area contributed by atoms with Gasteiger partial charge in [0.05, 0.1) is 6.33 Å². The van der Waals surface area contributed by atoms with Crippen LogP contribution in [0.1, 0.15) is 10.5 Å². The number of carboxylic acid groups (broad SMARTS) is 1. The van der Waals surface area contributed by atoms with Crippen LogP contribution in [0.4, 0.5) is 0 Å². The number of halogens is 1. The Morgan fingerprint density at radius 2 is 2.13 bits per heavy atom. The van der Waals surface area contributed by atoms with Crippen molar-refractivity contribution in [3.05, 3.63) is 40.8 Å². The van der Waals surface area contributed by atoms with Crippen molar-refractivity contribution in [1.29, 1.82) is 0 Å². The number of nitrogens with one attached hydrogen (secondary N) is 1. The van der Waals surface area contributed by atoms with Crippen LogP contribution >= 0.6 is 15.9 Å². The molecule has 0 spiro atoms. The number of hydrogen-bond donors (Lipinski definition) is 2. The van der Waals surface area contributed by atoms with Gasteiger partial charge in [0.15, 0.2) is 5.69 Å². The van der Waals surface area contributed by atoms with E-state index in [1.807, 2.05) is 24.3 Å². The van der Waals surface area contributed by atoms with Gasteiger partial charge in [-0.25, -0.2) is 9.78 Å². The van der Waals surface area contributed by atoms with Crippen molar-refractivity contribution in [1.82, 2.24) is 9.97 Å². The monoisotopic (exact) mass is 266 g/mol. The molecule has 0 saturated heterocycles. The van der Waals surface area contributed by atoms with E-state index in [0.717, 1.165) is 10.0 Å². The first-order chi connectivity index (χ1) is 7.20. The highest BCUT2D eigenvalue weighted by Gasteiger charge is 2.15. The van der Waals surface area contributed by atoms with Crippen molar-refractivity contribution in [3.8, 4) is 11.3 Å². The number of rotatable bonds is 2. The number of aromatic carboxylic acids is 1. The van der Waals surface area contributed by atoms with E-state index in [0.29, 0.717) is 5.69 Å².